The third kappa shape index (κ3) is 6.31. The molecule has 1 atom stereocenters. The molecule has 1 radical (unpaired) electrons. The number of carbonyl (C=O) groups excluding carboxylic acids is 1. The summed E-state index contributed by atoms with van der Waals surface area (Å²) in [5.74, 6) is -1.97. The van der Waals surface area contributed by atoms with Crippen molar-refractivity contribution in [2.75, 3.05) is 0 Å². The molecule has 0 saturated carbocycles. The minimum Gasteiger partial charge on any atom is -0.481 e. The zero-order valence-corrected chi connectivity index (χ0v) is 8.08. The number of aliphatic carboxylic acids is 1. The molecule has 1 unspecified atom stereocenters. The van der Waals surface area contributed by atoms with Crippen LogP contribution in [0.4, 0.5) is 0 Å². The Morgan fingerprint density at radius 3 is 2.38 bits per heavy atom. The number of hydrogen-bond donors (Lipinski definition) is 1. The van der Waals surface area contributed by atoms with Crippen molar-refractivity contribution in [3.63, 3.8) is 0 Å². The third-order valence-corrected chi connectivity index (χ3v) is 2.04. The van der Waals surface area contributed by atoms with Crippen LogP contribution < -0.4 is 0 Å². The Balaban J connectivity index is 3.39. The van der Waals surface area contributed by atoms with Gasteiger partial charge in [-0.25, -0.2) is 0 Å². The highest BCUT2D eigenvalue weighted by Gasteiger charge is 2.15. The minimum atomic E-state index is -1.05. The molecule has 0 aliphatic rings. The van der Waals surface area contributed by atoms with Gasteiger partial charge in [-0.2, -0.15) is 0 Å². The molecule has 75 valence electrons. The molecular weight excluding hydrogens is 168 g/mol. The van der Waals surface area contributed by atoms with E-state index in [0.29, 0.717) is 6.42 Å². The van der Waals surface area contributed by atoms with Gasteiger partial charge in [-0.15, -0.1) is 0 Å². The molecule has 0 spiro atoms. The monoisotopic (exact) mass is 185 g/mol. The Morgan fingerprint density at radius 2 is 1.92 bits per heavy atom. The van der Waals surface area contributed by atoms with E-state index in [4.69, 9.17) is 5.11 Å². The predicted molar refractivity (Wildman–Crippen MR) is 50.2 cm³/mol. The second-order valence-electron chi connectivity index (χ2n) is 3.21. The summed E-state index contributed by atoms with van der Waals surface area (Å²) in [6.07, 6.45) is 7.28. The summed E-state index contributed by atoms with van der Waals surface area (Å²) in [5.41, 5.74) is 0. The van der Waals surface area contributed by atoms with Crippen LogP contribution in [0.3, 0.4) is 0 Å². The van der Waals surface area contributed by atoms with Gasteiger partial charge in [0, 0.05) is 0 Å². The van der Waals surface area contributed by atoms with Crippen LogP contribution in [0.25, 0.3) is 0 Å². The SMILES string of the molecule is CCCCCCCC([C]=O)C(=O)O. The van der Waals surface area contributed by atoms with Crippen molar-refractivity contribution in [2.24, 2.45) is 5.92 Å². The number of hydrogen-bond acceptors (Lipinski definition) is 2. The highest BCUT2D eigenvalue weighted by Crippen LogP contribution is 2.10. The van der Waals surface area contributed by atoms with Gasteiger partial charge in [-0.1, -0.05) is 39.0 Å². The number of unbranched alkanes of at least 4 members (excludes halogenated alkanes) is 4. The van der Waals surface area contributed by atoms with Gasteiger partial charge in [0.15, 0.2) is 0 Å². The molecular formula is C10H17O3. The smallest absolute Gasteiger partial charge is 0.314 e. The van der Waals surface area contributed by atoms with E-state index in [0.717, 1.165) is 19.3 Å². The summed E-state index contributed by atoms with van der Waals surface area (Å²) >= 11 is 0. The molecule has 0 saturated heterocycles. The molecule has 0 bridgehead atoms. The first kappa shape index (κ1) is 12.1. The summed E-state index contributed by atoms with van der Waals surface area (Å²) in [5, 5.41) is 8.51. The molecule has 0 rings (SSSR count). The number of carboxylic acids is 1. The maximum absolute atomic E-state index is 10.4. The number of rotatable bonds is 8. The van der Waals surface area contributed by atoms with Crippen LogP contribution in [-0.2, 0) is 9.59 Å². The Hall–Kier alpha value is -0.860. The predicted octanol–water partition coefficient (Wildman–Crippen LogP) is 2.16. The van der Waals surface area contributed by atoms with Gasteiger partial charge < -0.3 is 5.11 Å². The second kappa shape index (κ2) is 7.77. The molecule has 0 aromatic rings. The summed E-state index contributed by atoms with van der Waals surface area (Å²) in [4.78, 5) is 20.5. The van der Waals surface area contributed by atoms with Gasteiger partial charge in [-0.3, -0.25) is 9.59 Å². The molecule has 13 heavy (non-hydrogen) atoms. The fourth-order valence-corrected chi connectivity index (χ4v) is 1.18. The lowest BCUT2D eigenvalue weighted by Crippen LogP contribution is -2.14. The van der Waals surface area contributed by atoms with E-state index in [1.165, 1.54) is 12.8 Å². The Kier molecular flexibility index (Phi) is 7.26. The van der Waals surface area contributed by atoms with E-state index in [9.17, 15) is 9.59 Å². The van der Waals surface area contributed by atoms with Gasteiger partial charge in [0.25, 0.3) is 0 Å². The van der Waals surface area contributed by atoms with Crippen LogP contribution in [0.2, 0.25) is 0 Å². The van der Waals surface area contributed by atoms with Crippen molar-refractivity contribution in [3.05, 3.63) is 0 Å². The van der Waals surface area contributed by atoms with Crippen LogP contribution in [0.1, 0.15) is 45.4 Å². The maximum atomic E-state index is 10.4. The lowest BCUT2D eigenvalue weighted by Gasteiger charge is -2.02. The van der Waals surface area contributed by atoms with Crippen molar-refractivity contribution in [1.82, 2.24) is 0 Å². The first-order valence-electron chi connectivity index (χ1n) is 4.82. The van der Waals surface area contributed by atoms with Gasteiger partial charge >= 0.3 is 5.97 Å². The molecule has 0 aromatic heterocycles. The normalized spacial score (nSPS) is 12.4. The van der Waals surface area contributed by atoms with Crippen molar-refractivity contribution in [2.45, 2.75) is 45.4 Å². The quantitative estimate of drug-likeness (QED) is 0.465. The largest absolute Gasteiger partial charge is 0.481 e. The number of carbonyl (C=O) groups is 1. The molecule has 0 aromatic carbocycles. The van der Waals surface area contributed by atoms with Gasteiger partial charge in [0.2, 0.25) is 6.29 Å². The van der Waals surface area contributed by atoms with Gasteiger partial charge in [0.05, 0.1) is 0 Å². The average Bonchev–Trinajstić information content (AvgIpc) is 2.10. The highest BCUT2D eigenvalue weighted by atomic mass is 16.4. The van der Waals surface area contributed by atoms with Crippen LogP contribution >= 0.6 is 0 Å². The van der Waals surface area contributed by atoms with Crippen molar-refractivity contribution in [1.29, 1.82) is 0 Å². The first-order valence-corrected chi connectivity index (χ1v) is 4.82. The van der Waals surface area contributed by atoms with E-state index < -0.39 is 11.9 Å². The lowest BCUT2D eigenvalue weighted by molar-refractivity contribution is -0.139. The highest BCUT2D eigenvalue weighted by molar-refractivity contribution is 5.86. The zero-order chi connectivity index (χ0) is 10.1. The fourth-order valence-electron chi connectivity index (χ4n) is 1.18. The van der Waals surface area contributed by atoms with Crippen LogP contribution in [-0.4, -0.2) is 17.4 Å². The minimum absolute atomic E-state index is 0.433. The summed E-state index contributed by atoms with van der Waals surface area (Å²) < 4.78 is 0. The van der Waals surface area contributed by atoms with Gasteiger partial charge in [0.1, 0.15) is 5.92 Å². The van der Waals surface area contributed by atoms with Crippen LogP contribution in [0, 0.1) is 5.92 Å². The molecule has 3 nitrogen and oxygen atoms in total. The molecule has 1 N–H and O–H groups in total. The van der Waals surface area contributed by atoms with Gasteiger partial charge in [-0.05, 0) is 6.42 Å². The molecule has 0 fully saturated rings. The van der Waals surface area contributed by atoms with E-state index in [1.807, 2.05) is 0 Å². The maximum Gasteiger partial charge on any atom is 0.314 e. The molecule has 0 aliphatic carbocycles. The third-order valence-electron chi connectivity index (χ3n) is 2.04. The van der Waals surface area contributed by atoms with Crippen molar-refractivity contribution < 1.29 is 14.7 Å². The Labute approximate surface area is 79.1 Å². The zero-order valence-electron chi connectivity index (χ0n) is 8.08. The second-order valence-corrected chi connectivity index (χ2v) is 3.21. The summed E-state index contributed by atoms with van der Waals surface area (Å²) in [7, 11) is 0. The topological polar surface area (TPSA) is 54.4 Å². The van der Waals surface area contributed by atoms with E-state index in [2.05, 4.69) is 6.92 Å². The van der Waals surface area contributed by atoms with Crippen LogP contribution in [0.5, 0.6) is 0 Å². The summed E-state index contributed by atoms with van der Waals surface area (Å²) in [6, 6.07) is 0. The fraction of sp³-hybridized carbons (Fsp3) is 0.800. The van der Waals surface area contributed by atoms with Crippen molar-refractivity contribution >= 4 is 12.3 Å². The van der Waals surface area contributed by atoms with E-state index in [-0.39, 0.29) is 0 Å². The standard InChI is InChI=1S/C10H17O3/c1-2-3-4-5-6-7-9(8-11)10(12)13/h9H,2-7H2,1H3,(H,12,13). The molecule has 0 amide bonds. The number of carboxylic acid groups (broad SMARTS) is 1. The molecule has 3 heteroatoms. The van der Waals surface area contributed by atoms with E-state index >= 15 is 0 Å². The lowest BCUT2D eigenvalue weighted by atomic mass is 10.0. The Bertz CT molecular complexity index is 154. The first-order chi connectivity index (χ1) is 6.22. The van der Waals surface area contributed by atoms with E-state index in [1.54, 1.807) is 6.29 Å². The van der Waals surface area contributed by atoms with Crippen molar-refractivity contribution in [3.8, 4) is 0 Å². The molecule has 0 aliphatic heterocycles. The summed E-state index contributed by atoms with van der Waals surface area (Å²) in [6.45, 7) is 2.12. The average molecular weight is 185 g/mol. The Morgan fingerprint density at radius 1 is 1.31 bits per heavy atom. The van der Waals surface area contributed by atoms with Crippen LogP contribution in [0.15, 0.2) is 0 Å². The molecule has 0 heterocycles.